The van der Waals surface area contributed by atoms with Gasteiger partial charge >= 0.3 is 0 Å². The molecule has 0 radical (unpaired) electrons. The number of aromatic nitrogens is 1. The van der Waals surface area contributed by atoms with Crippen LogP contribution in [0.15, 0.2) is 18.3 Å². The molecule has 0 aliphatic heterocycles. The van der Waals surface area contributed by atoms with Crippen LogP contribution in [0.3, 0.4) is 0 Å². The zero-order chi connectivity index (χ0) is 13.4. The lowest BCUT2D eigenvalue weighted by atomic mass is 10.2. The standard InChI is InChI=1S/C13H13F2NO2/c1-7(2)18-13-10(14)6-11-9(12(13)15)4-5-16(11)8(3)17/h4-7H,1-3H3. The molecule has 0 bridgehead atoms. The molecule has 96 valence electrons. The minimum atomic E-state index is -0.810. The predicted octanol–water partition coefficient (Wildman–Crippen LogP) is 3.37. The van der Waals surface area contributed by atoms with Crippen molar-refractivity contribution in [1.82, 2.24) is 4.57 Å². The number of carbonyl (C=O) groups is 1. The molecule has 0 atom stereocenters. The fourth-order valence-corrected chi connectivity index (χ4v) is 1.81. The Morgan fingerprint density at radius 2 is 2.06 bits per heavy atom. The molecule has 18 heavy (non-hydrogen) atoms. The van der Waals surface area contributed by atoms with E-state index in [-0.39, 0.29) is 22.9 Å². The topological polar surface area (TPSA) is 31.2 Å². The molecule has 2 rings (SSSR count). The van der Waals surface area contributed by atoms with Crippen molar-refractivity contribution in [2.45, 2.75) is 26.9 Å². The Kier molecular flexibility index (Phi) is 3.07. The molecule has 0 unspecified atom stereocenters. The second kappa shape index (κ2) is 4.40. The van der Waals surface area contributed by atoms with E-state index in [0.717, 1.165) is 6.07 Å². The van der Waals surface area contributed by atoms with Crippen molar-refractivity contribution in [2.24, 2.45) is 0 Å². The summed E-state index contributed by atoms with van der Waals surface area (Å²) in [5, 5.41) is 0.169. The van der Waals surface area contributed by atoms with Crippen LogP contribution in [0.4, 0.5) is 8.78 Å². The van der Waals surface area contributed by atoms with Gasteiger partial charge < -0.3 is 4.74 Å². The summed E-state index contributed by atoms with van der Waals surface area (Å²) in [6.07, 6.45) is 1.08. The molecule has 0 N–H and O–H groups in total. The fraction of sp³-hybridized carbons (Fsp3) is 0.308. The number of fused-ring (bicyclic) bond motifs is 1. The van der Waals surface area contributed by atoms with Gasteiger partial charge in [0.25, 0.3) is 0 Å². The Balaban J connectivity index is 2.68. The zero-order valence-corrected chi connectivity index (χ0v) is 10.3. The molecule has 0 aliphatic carbocycles. The Morgan fingerprint density at radius 3 is 2.61 bits per heavy atom. The number of rotatable bonds is 2. The summed E-state index contributed by atoms with van der Waals surface area (Å²) in [5.41, 5.74) is 0.202. The van der Waals surface area contributed by atoms with Gasteiger partial charge in [-0.2, -0.15) is 0 Å². The van der Waals surface area contributed by atoms with Crippen LogP contribution < -0.4 is 4.74 Å². The lowest BCUT2D eigenvalue weighted by Crippen LogP contribution is -2.09. The van der Waals surface area contributed by atoms with Crippen LogP contribution >= 0.6 is 0 Å². The predicted molar refractivity (Wildman–Crippen MR) is 63.9 cm³/mol. The van der Waals surface area contributed by atoms with E-state index < -0.39 is 17.4 Å². The number of benzene rings is 1. The van der Waals surface area contributed by atoms with Crippen molar-refractivity contribution < 1.29 is 18.3 Å². The van der Waals surface area contributed by atoms with E-state index in [1.807, 2.05) is 0 Å². The van der Waals surface area contributed by atoms with E-state index in [0.29, 0.717) is 0 Å². The maximum absolute atomic E-state index is 14.1. The van der Waals surface area contributed by atoms with Crippen LogP contribution in [0, 0.1) is 11.6 Å². The number of hydrogen-bond acceptors (Lipinski definition) is 2. The first-order chi connectivity index (χ1) is 8.41. The number of carbonyl (C=O) groups excluding carboxylic acids is 1. The monoisotopic (exact) mass is 253 g/mol. The molecule has 0 fully saturated rings. The van der Waals surface area contributed by atoms with Crippen LogP contribution in [0.2, 0.25) is 0 Å². The average molecular weight is 253 g/mol. The van der Waals surface area contributed by atoms with Crippen LogP contribution in [-0.4, -0.2) is 16.6 Å². The second-order valence-electron chi connectivity index (χ2n) is 4.31. The summed E-state index contributed by atoms with van der Waals surface area (Å²) >= 11 is 0. The smallest absolute Gasteiger partial charge is 0.227 e. The molecule has 0 saturated heterocycles. The molecule has 3 nitrogen and oxygen atoms in total. The van der Waals surface area contributed by atoms with Crippen LogP contribution in [0.1, 0.15) is 25.6 Å². The molecular formula is C13H13F2NO2. The summed E-state index contributed by atoms with van der Waals surface area (Å²) in [4.78, 5) is 11.3. The molecule has 0 saturated carbocycles. The Hall–Kier alpha value is -1.91. The third kappa shape index (κ3) is 1.96. The summed E-state index contributed by atoms with van der Waals surface area (Å²) in [6, 6.07) is 2.54. The van der Waals surface area contributed by atoms with Gasteiger partial charge in [0.1, 0.15) is 0 Å². The lowest BCUT2D eigenvalue weighted by molar-refractivity contribution is 0.0941. The van der Waals surface area contributed by atoms with Gasteiger partial charge in [-0.3, -0.25) is 9.36 Å². The van der Waals surface area contributed by atoms with Crippen molar-refractivity contribution in [2.75, 3.05) is 0 Å². The molecule has 2 aromatic rings. The SMILES string of the molecule is CC(=O)n1ccc2c(F)c(OC(C)C)c(F)cc21. The Bertz CT molecular complexity index is 617. The number of halogens is 2. The molecule has 0 spiro atoms. The maximum atomic E-state index is 14.1. The molecule has 0 amide bonds. The van der Waals surface area contributed by atoms with Gasteiger partial charge in [0, 0.05) is 24.6 Å². The molecule has 1 heterocycles. The number of ether oxygens (including phenoxy) is 1. The molecule has 1 aromatic heterocycles. The van der Waals surface area contributed by atoms with Gasteiger partial charge in [-0.15, -0.1) is 0 Å². The first kappa shape index (κ1) is 12.5. The summed E-state index contributed by atoms with van der Waals surface area (Å²) in [7, 11) is 0. The van der Waals surface area contributed by atoms with E-state index in [1.54, 1.807) is 13.8 Å². The summed E-state index contributed by atoms with van der Waals surface area (Å²) in [6.45, 7) is 4.70. The van der Waals surface area contributed by atoms with Gasteiger partial charge in [-0.1, -0.05) is 0 Å². The maximum Gasteiger partial charge on any atom is 0.227 e. The van der Waals surface area contributed by atoms with Crippen molar-refractivity contribution in [1.29, 1.82) is 0 Å². The Labute approximate surface area is 103 Å². The van der Waals surface area contributed by atoms with E-state index in [2.05, 4.69) is 0 Å². The van der Waals surface area contributed by atoms with Crippen molar-refractivity contribution in [3.05, 3.63) is 30.0 Å². The van der Waals surface area contributed by atoms with Gasteiger partial charge in [0.05, 0.1) is 11.6 Å². The van der Waals surface area contributed by atoms with Gasteiger partial charge in [0.2, 0.25) is 5.91 Å². The van der Waals surface area contributed by atoms with Gasteiger partial charge in [-0.05, 0) is 19.9 Å². The third-order valence-corrected chi connectivity index (χ3v) is 2.53. The first-order valence-electron chi connectivity index (χ1n) is 5.58. The second-order valence-corrected chi connectivity index (χ2v) is 4.31. The highest BCUT2D eigenvalue weighted by molar-refractivity contribution is 5.92. The van der Waals surface area contributed by atoms with Crippen LogP contribution in [-0.2, 0) is 0 Å². The van der Waals surface area contributed by atoms with Crippen LogP contribution in [0.25, 0.3) is 10.9 Å². The Morgan fingerprint density at radius 1 is 1.39 bits per heavy atom. The van der Waals surface area contributed by atoms with Crippen molar-refractivity contribution in [3.8, 4) is 5.75 Å². The third-order valence-electron chi connectivity index (χ3n) is 2.53. The van der Waals surface area contributed by atoms with E-state index in [4.69, 9.17) is 4.74 Å². The molecule has 1 aromatic carbocycles. The molecule has 0 aliphatic rings. The largest absolute Gasteiger partial charge is 0.485 e. The van der Waals surface area contributed by atoms with E-state index in [1.165, 1.54) is 23.8 Å². The normalized spacial score (nSPS) is 11.2. The minimum absolute atomic E-state index is 0.169. The molecule has 5 heteroatoms. The van der Waals surface area contributed by atoms with Crippen molar-refractivity contribution in [3.63, 3.8) is 0 Å². The fourth-order valence-electron chi connectivity index (χ4n) is 1.81. The molecular weight excluding hydrogens is 240 g/mol. The number of hydrogen-bond donors (Lipinski definition) is 0. The highest BCUT2D eigenvalue weighted by Gasteiger charge is 2.19. The summed E-state index contributed by atoms with van der Waals surface area (Å²) < 4.78 is 34.2. The van der Waals surface area contributed by atoms with Crippen molar-refractivity contribution >= 4 is 16.8 Å². The lowest BCUT2D eigenvalue weighted by Gasteiger charge is -2.12. The highest BCUT2D eigenvalue weighted by atomic mass is 19.1. The zero-order valence-electron chi connectivity index (χ0n) is 10.3. The van der Waals surface area contributed by atoms with E-state index in [9.17, 15) is 13.6 Å². The van der Waals surface area contributed by atoms with Gasteiger partial charge in [0.15, 0.2) is 17.4 Å². The first-order valence-corrected chi connectivity index (χ1v) is 5.58. The van der Waals surface area contributed by atoms with E-state index >= 15 is 0 Å². The van der Waals surface area contributed by atoms with Gasteiger partial charge in [-0.25, -0.2) is 8.78 Å². The summed E-state index contributed by atoms with van der Waals surface area (Å²) in [5.74, 6) is -2.30. The van der Waals surface area contributed by atoms with Crippen LogP contribution in [0.5, 0.6) is 5.75 Å². The highest BCUT2D eigenvalue weighted by Crippen LogP contribution is 2.31. The number of nitrogens with zero attached hydrogens (tertiary/aromatic N) is 1. The minimum Gasteiger partial charge on any atom is -0.485 e. The average Bonchev–Trinajstić information content (AvgIpc) is 2.67. The quantitative estimate of drug-likeness (QED) is 0.821.